The van der Waals surface area contributed by atoms with Gasteiger partial charge in [-0.1, -0.05) is 13.0 Å². The zero-order valence-electron chi connectivity index (χ0n) is 20.1. The van der Waals surface area contributed by atoms with Gasteiger partial charge in [-0.05, 0) is 69.5 Å². The molecule has 0 radical (unpaired) electrons. The Kier molecular flexibility index (Phi) is 6.37. The van der Waals surface area contributed by atoms with Crippen molar-refractivity contribution >= 4 is 22.7 Å². The number of likely N-dealkylation sites (tertiary alicyclic amines) is 1. The summed E-state index contributed by atoms with van der Waals surface area (Å²) >= 11 is 0. The lowest BCUT2D eigenvalue weighted by molar-refractivity contribution is -0.122. The first-order chi connectivity index (χ1) is 16.5. The van der Waals surface area contributed by atoms with Crippen molar-refractivity contribution in [3.05, 3.63) is 48.0 Å². The van der Waals surface area contributed by atoms with Crippen LogP contribution in [0.5, 0.6) is 5.75 Å². The number of aromatic nitrogens is 1. The van der Waals surface area contributed by atoms with Crippen molar-refractivity contribution in [3.63, 3.8) is 0 Å². The van der Waals surface area contributed by atoms with E-state index in [2.05, 4.69) is 41.2 Å². The first-order valence-corrected chi connectivity index (χ1v) is 12.3. The molecular formula is C27H32N4O3. The van der Waals surface area contributed by atoms with Gasteiger partial charge in [0.2, 0.25) is 11.8 Å². The van der Waals surface area contributed by atoms with E-state index in [1.165, 1.54) is 12.8 Å². The summed E-state index contributed by atoms with van der Waals surface area (Å²) in [6, 6.07) is 15.1. The summed E-state index contributed by atoms with van der Waals surface area (Å²) < 4.78 is 12.1. The van der Waals surface area contributed by atoms with E-state index in [9.17, 15) is 4.79 Å². The molecule has 1 unspecified atom stereocenters. The maximum Gasteiger partial charge on any atom is 0.240 e. The van der Waals surface area contributed by atoms with Gasteiger partial charge in [0.15, 0.2) is 5.58 Å². The fourth-order valence-electron chi connectivity index (χ4n) is 5.08. The molecule has 1 aromatic heterocycles. The molecule has 1 N–H and O–H groups in total. The first-order valence-electron chi connectivity index (χ1n) is 12.3. The third kappa shape index (κ3) is 4.57. The van der Waals surface area contributed by atoms with Gasteiger partial charge >= 0.3 is 0 Å². The summed E-state index contributed by atoms with van der Waals surface area (Å²) in [6.45, 7) is 8.30. The van der Waals surface area contributed by atoms with Gasteiger partial charge in [0, 0.05) is 42.1 Å². The molecule has 1 saturated heterocycles. The van der Waals surface area contributed by atoms with Crippen molar-refractivity contribution in [2.24, 2.45) is 11.0 Å². The van der Waals surface area contributed by atoms with Crippen LogP contribution in [-0.2, 0) is 4.79 Å². The summed E-state index contributed by atoms with van der Waals surface area (Å²) in [5.74, 6) is 1.50. The number of fused-ring (bicyclic) bond motifs is 1. The quantitative estimate of drug-likeness (QED) is 0.537. The second-order valence-corrected chi connectivity index (χ2v) is 9.43. The lowest BCUT2D eigenvalue weighted by Crippen LogP contribution is -2.36. The average Bonchev–Trinajstić information content (AvgIpc) is 3.42. The number of ether oxygens (including phenoxy) is 1. The number of carbonyl (C=O) groups is 1. The van der Waals surface area contributed by atoms with Crippen LogP contribution in [0.2, 0.25) is 0 Å². The summed E-state index contributed by atoms with van der Waals surface area (Å²) in [5, 5.41) is 4.31. The molecule has 2 aliphatic rings. The summed E-state index contributed by atoms with van der Waals surface area (Å²) in [7, 11) is 0. The molecule has 7 nitrogen and oxygen atoms in total. The molecule has 1 fully saturated rings. The zero-order valence-corrected chi connectivity index (χ0v) is 20.1. The number of nitrogens with one attached hydrogen (secondary N) is 1. The number of hydrogen-bond acceptors (Lipinski definition) is 6. The van der Waals surface area contributed by atoms with Crippen LogP contribution in [0, 0.1) is 5.92 Å². The number of rotatable bonds is 7. The van der Waals surface area contributed by atoms with E-state index in [-0.39, 0.29) is 11.8 Å². The Morgan fingerprint density at radius 3 is 2.56 bits per heavy atom. The molecule has 2 aliphatic heterocycles. The van der Waals surface area contributed by atoms with Gasteiger partial charge in [-0.3, -0.25) is 9.69 Å². The van der Waals surface area contributed by atoms with Crippen LogP contribution in [0.15, 0.2) is 52.0 Å². The van der Waals surface area contributed by atoms with Crippen molar-refractivity contribution in [1.29, 1.82) is 0 Å². The highest BCUT2D eigenvalue weighted by Crippen LogP contribution is 2.29. The van der Waals surface area contributed by atoms with Crippen molar-refractivity contribution in [2.45, 2.75) is 58.5 Å². The van der Waals surface area contributed by atoms with Crippen molar-refractivity contribution in [1.82, 2.24) is 15.3 Å². The number of benzene rings is 2. The standard InChI is InChI=1S/C27H32N4O3/c1-4-19-16-25(32)29-30-26(19)21-9-12-23-24(15-21)34-27(28-23)20-7-10-22(11-8-20)33-14-13-31-17(2)5-6-18(31)3/h7-12,15,17-19H,4-6,13-14,16H2,1-3H3,(H,29,32)/t17-,18-,19?/m0/s1. The van der Waals surface area contributed by atoms with E-state index < -0.39 is 0 Å². The predicted octanol–water partition coefficient (Wildman–Crippen LogP) is 5.00. The maximum atomic E-state index is 11.7. The van der Waals surface area contributed by atoms with Gasteiger partial charge in [-0.15, -0.1) is 0 Å². The predicted molar refractivity (Wildman–Crippen MR) is 133 cm³/mol. The smallest absolute Gasteiger partial charge is 0.240 e. The number of hydrogen-bond donors (Lipinski definition) is 1. The molecule has 0 spiro atoms. The van der Waals surface area contributed by atoms with E-state index in [0.29, 0.717) is 36.6 Å². The molecule has 0 aliphatic carbocycles. The van der Waals surface area contributed by atoms with Crippen molar-refractivity contribution in [3.8, 4) is 17.2 Å². The van der Waals surface area contributed by atoms with Crippen LogP contribution >= 0.6 is 0 Å². The molecule has 0 saturated carbocycles. The highest BCUT2D eigenvalue weighted by molar-refractivity contribution is 6.07. The molecule has 1 amide bonds. The normalized spacial score (nSPS) is 23.2. The van der Waals surface area contributed by atoms with Crippen LogP contribution in [0.3, 0.4) is 0 Å². The summed E-state index contributed by atoms with van der Waals surface area (Å²) in [6.07, 6.45) is 3.85. The number of hydrazone groups is 1. The van der Waals surface area contributed by atoms with Gasteiger partial charge in [0.05, 0.1) is 5.71 Å². The van der Waals surface area contributed by atoms with E-state index in [1.54, 1.807) is 0 Å². The minimum absolute atomic E-state index is 0.0359. The average molecular weight is 461 g/mol. The van der Waals surface area contributed by atoms with Crippen LogP contribution in [0.25, 0.3) is 22.6 Å². The van der Waals surface area contributed by atoms with Crippen LogP contribution in [0.1, 0.15) is 52.0 Å². The number of carbonyl (C=O) groups excluding carboxylic acids is 1. The Bertz CT molecular complexity index is 1190. The zero-order chi connectivity index (χ0) is 23.7. The van der Waals surface area contributed by atoms with E-state index in [0.717, 1.165) is 41.1 Å². The highest BCUT2D eigenvalue weighted by Gasteiger charge is 2.27. The minimum Gasteiger partial charge on any atom is -0.492 e. The van der Waals surface area contributed by atoms with Gasteiger partial charge in [-0.2, -0.15) is 5.10 Å². The SMILES string of the molecule is CCC1CC(=O)NN=C1c1ccc2nc(-c3ccc(OCCN4[C@@H](C)CC[C@@H]4C)cc3)oc2c1. The minimum atomic E-state index is -0.0359. The highest BCUT2D eigenvalue weighted by atomic mass is 16.5. The van der Waals surface area contributed by atoms with E-state index in [4.69, 9.17) is 9.15 Å². The molecule has 3 heterocycles. The monoisotopic (exact) mass is 460 g/mol. The molecule has 5 rings (SSSR count). The number of amides is 1. The van der Waals surface area contributed by atoms with Crippen molar-refractivity contribution < 1.29 is 13.9 Å². The van der Waals surface area contributed by atoms with Gasteiger partial charge < -0.3 is 9.15 Å². The Labute approximate surface area is 200 Å². The van der Waals surface area contributed by atoms with Gasteiger partial charge in [0.1, 0.15) is 17.9 Å². The maximum absolute atomic E-state index is 11.7. The van der Waals surface area contributed by atoms with Crippen LogP contribution in [-0.4, -0.2) is 46.7 Å². The first kappa shape index (κ1) is 22.6. The third-order valence-corrected chi connectivity index (χ3v) is 7.15. The Morgan fingerprint density at radius 2 is 1.82 bits per heavy atom. The van der Waals surface area contributed by atoms with Crippen LogP contribution < -0.4 is 10.2 Å². The van der Waals surface area contributed by atoms with Gasteiger partial charge in [-0.25, -0.2) is 10.4 Å². The molecule has 34 heavy (non-hydrogen) atoms. The topological polar surface area (TPSA) is 80.0 Å². The van der Waals surface area contributed by atoms with Gasteiger partial charge in [0.25, 0.3) is 0 Å². The third-order valence-electron chi connectivity index (χ3n) is 7.15. The molecule has 3 aromatic rings. The largest absolute Gasteiger partial charge is 0.492 e. The molecule has 7 heteroatoms. The van der Waals surface area contributed by atoms with Crippen molar-refractivity contribution in [2.75, 3.05) is 13.2 Å². The fourth-order valence-corrected chi connectivity index (χ4v) is 5.08. The molecular weight excluding hydrogens is 428 g/mol. The summed E-state index contributed by atoms with van der Waals surface area (Å²) in [5.41, 5.74) is 6.84. The lowest BCUT2D eigenvalue weighted by Gasteiger charge is -2.25. The van der Waals surface area contributed by atoms with E-state index in [1.807, 2.05) is 42.5 Å². The Balaban J connectivity index is 1.27. The molecule has 3 atom stereocenters. The lowest BCUT2D eigenvalue weighted by atomic mass is 9.90. The Morgan fingerprint density at radius 1 is 1.09 bits per heavy atom. The number of nitrogens with zero attached hydrogens (tertiary/aromatic N) is 3. The second-order valence-electron chi connectivity index (χ2n) is 9.43. The molecule has 178 valence electrons. The Hall–Kier alpha value is -3.19. The molecule has 0 bridgehead atoms. The molecule has 2 aromatic carbocycles. The second kappa shape index (κ2) is 9.58. The summed E-state index contributed by atoms with van der Waals surface area (Å²) in [4.78, 5) is 18.9. The fraction of sp³-hybridized carbons (Fsp3) is 0.444. The van der Waals surface area contributed by atoms with E-state index >= 15 is 0 Å². The van der Waals surface area contributed by atoms with Crippen LogP contribution in [0.4, 0.5) is 0 Å². The number of oxazole rings is 1.